The predicted molar refractivity (Wildman–Crippen MR) is 58.8 cm³/mol. The lowest BCUT2D eigenvalue weighted by Gasteiger charge is -2.24. The quantitative estimate of drug-likeness (QED) is 0.725. The molecular formula is C9H17F3N2S. The van der Waals surface area contributed by atoms with E-state index in [9.17, 15) is 13.2 Å². The second-order valence-corrected chi connectivity index (χ2v) is 4.24. The van der Waals surface area contributed by atoms with Crippen LogP contribution in [0.4, 0.5) is 13.2 Å². The molecule has 0 radical (unpaired) electrons. The molecule has 1 unspecified atom stereocenters. The molecule has 0 spiro atoms. The minimum absolute atomic E-state index is 0.0933. The molecule has 0 amide bonds. The summed E-state index contributed by atoms with van der Waals surface area (Å²) in [7, 11) is 1.78. The Hall–Kier alpha value is -0.360. The van der Waals surface area contributed by atoms with Gasteiger partial charge >= 0.3 is 6.18 Å². The van der Waals surface area contributed by atoms with E-state index in [1.54, 1.807) is 7.05 Å². The van der Waals surface area contributed by atoms with Crippen LogP contribution in [0.3, 0.4) is 0 Å². The standard InChI is InChI=1S/C9H17F3N2S/c1-7(6-8(13)15)14(2)5-3-4-9(10,11)12/h7H,3-6H2,1-2H3,(H2,13,15). The lowest BCUT2D eigenvalue weighted by atomic mass is 10.2. The summed E-state index contributed by atoms with van der Waals surface area (Å²) in [6, 6.07) is 0.0933. The molecule has 0 aliphatic rings. The van der Waals surface area contributed by atoms with Crippen molar-refractivity contribution >= 4 is 17.2 Å². The van der Waals surface area contributed by atoms with E-state index in [2.05, 4.69) is 0 Å². The van der Waals surface area contributed by atoms with Gasteiger partial charge in [0.05, 0.1) is 4.99 Å². The molecule has 6 heteroatoms. The van der Waals surface area contributed by atoms with Gasteiger partial charge in [-0.1, -0.05) is 12.2 Å². The Morgan fingerprint density at radius 1 is 1.47 bits per heavy atom. The maximum absolute atomic E-state index is 11.9. The van der Waals surface area contributed by atoms with Crippen molar-refractivity contribution in [3.63, 3.8) is 0 Å². The van der Waals surface area contributed by atoms with E-state index in [0.29, 0.717) is 18.0 Å². The molecule has 0 aliphatic heterocycles. The second kappa shape index (κ2) is 6.27. The third-order valence-corrected chi connectivity index (χ3v) is 2.39. The van der Waals surface area contributed by atoms with E-state index in [4.69, 9.17) is 18.0 Å². The fourth-order valence-electron chi connectivity index (χ4n) is 1.20. The molecule has 0 aromatic carbocycles. The van der Waals surface area contributed by atoms with Gasteiger partial charge in [-0.15, -0.1) is 0 Å². The predicted octanol–water partition coefficient (Wildman–Crippen LogP) is 2.33. The maximum atomic E-state index is 11.9. The summed E-state index contributed by atoms with van der Waals surface area (Å²) in [4.78, 5) is 2.23. The van der Waals surface area contributed by atoms with Crippen LogP contribution in [0.1, 0.15) is 26.2 Å². The maximum Gasteiger partial charge on any atom is 0.389 e. The molecule has 0 saturated carbocycles. The van der Waals surface area contributed by atoms with Gasteiger partial charge in [0.1, 0.15) is 0 Å². The Labute approximate surface area is 93.6 Å². The first-order chi connectivity index (χ1) is 6.72. The lowest BCUT2D eigenvalue weighted by molar-refractivity contribution is -0.136. The number of nitrogens with two attached hydrogens (primary N) is 1. The number of hydrogen-bond donors (Lipinski definition) is 1. The average molecular weight is 242 g/mol. The van der Waals surface area contributed by atoms with Gasteiger partial charge in [-0.3, -0.25) is 0 Å². The van der Waals surface area contributed by atoms with Crippen LogP contribution in [-0.2, 0) is 0 Å². The van der Waals surface area contributed by atoms with E-state index >= 15 is 0 Å². The summed E-state index contributed by atoms with van der Waals surface area (Å²) < 4.78 is 35.6. The molecule has 0 aromatic heterocycles. The fourth-order valence-corrected chi connectivity index (χ4v) is 1.44. The van der Waals surface area contributed by atoms with E-state index in [0.717, 1.165) is 0 Å². The molecule has 2 nitrogen and oxygen atoms in total. The number of thiocarbonyl (C=S) groups is 1. The fraction of sp³-hybridized carbons (Fsp3) is 0.889. The van der Waals surface area contributed by atoms with Gasteiger partial charge in [-0.25, -0.2) is 0 Å². The van der Waals surface area contributed by atoms with Crippen LogP contribution in [0.2, 0.25) is 0 Å². The first-order valence-corrected chi connectivity index (χ1v) is 5.18. The van der Waals surface area contributed by atoms with E-state index in [1.165, 1.54) is 0 Å². The highest BCUT2D eigenvalue weighted by Gasteiger charge is 2.26. The number of halogens is 3. The molecule has 0 heterocycles. The first kappa shape index (κ1) is 14.6. The van der Waals surface area contributed by atoms with Crippen molar-refractivity contribution in [2.75, 3.05) is 13.6 Å². The number of hydrogen-bond acceptors (Lipinski definition) is 2. The van der Waals surface area contributed by atoms with Gasteiger partial charge in [-0.05, 0) is 26.9 Å². The van der Waals surface area contributed by atoms with E-state index < -0.39 is 12.6 Å². The van der Waals surface area contributed by atoms with Crippen molar-refractivity contribution in [1.82, 2.24) is 4.90 Å². The van der Waals surface area contributed by atoms with Crippen molar-refractivity contribution in [2.45, 2.75) is 38.4 Å². The molecule has 0 aliphatic carbocycles. The van der Waals surface area contributed by atoms with Gasteiger partial charge in [0.2, 0.25) is 0 Å². The van der Waals surface area contributed by atoms with E-state index in [1.807, 2.05) is 11.8 Å². The smallest absolute Gasteiger partial charge is 0.389 e. The molecule has 0 fully saturated rings. The number of alkyl halides is 3. The first-order valence-electron chi connectivity index (χ1n) is 4.77. The van der Waals surface area contributed by atoms with Gasteiger partial charge in [0.15, 0.2) is 0 Å². The van der Waals surface area contributed by atoms with Crippen molar-refractivity contribution in [1.29, 1.82) is 0 Å². The highest BCUT2D eigenvalue weighted by molar-refractivity contribution is 7.80. The largest absolute Gasteiger partial charge is 0.393 e. The average Bonchev–Trinajstić information content (AvgIpc) is 2.00. The zero-order chi connectivity index (χ0) is 12.1. The zero-order valence-electron chi connectivity index (χ0n) is 8.97. The SMILES string of the molecule is CC(CC(N)=S)N(C)CCCC(F)(F)F. The van der Waals surface area contributed by atoms with Crippen LogP contribution in [0.15, 0.2) is 0 Å². The molecular weight excluding hydrogens is 225 g/mol. The van der Waals surface area contributed by atoms with Crippen LogP contribution >= 0.6 is 12.2 Å². The van der Waals surface area contributed by atoms with Gasteiger partial charge in [0, 0.05) is 18.9 Å². The summed E-state index contributed by atoms with van der Waals surface area (Å²) in [5.41, 5.74) is 5.35. The Bertz CT molecular complexity index is 206. The van der Waals surface area contributed by atoms with Crippen molar-refractivity contribution < 1.29 is 13.2 Å². The van der Waals surface area contributed by atoms with Crippen molar-refractivity contribution in [3.05, 3.63) is 0 Å². The molecule has 90 valence electrons. The molecule has 0 bridgehead atoms. The molecule has 1 atom stereocenters. The minimum Gasteiger partial charge on any atom is -0.393 e. The molecule has 0 rings (SSSR count). The summed E-state index contributed by atoms with van der Waals surface area (Å²) in [5.74, 6) is 0. The van der Waals surface area contributed by atoms with E-state index in [-0.39, 0.29) is 12.5 Å². The Balaban J connectivity index is 3.73. The Morgan fingerprint density at radius 2 is 2.00 bits per heavy atom. The van der Waals surface area contributed by atoms with Gasteiger partial charge < -0.3 is 10.6 Å². The number of rotatable bonds is 6. The second-order valence-electron chi connectivity index (χ2n) is 3.72. The van der Waals surface area contributed by atoms with Crippen LogP contribution in [-0.4, -0.2) is 35.7 Å². The molecule has 15 heavy (non-hydrogen) atoms. The number of nitrogens with zero attached hydrogens (tertiary/aromatic N) is 1. The normalized spacial score (nSPS) is 14.3. The van der Waals surface area contributed by atoms with Crippen molar-refractivity contribution in [3.8, 4) is 0 Å². The third-order valence-electron chi connectivity index (χ3n) is 2.22. The highest BCUT2D eigenvalue weighted by atomic mass is 32.1. The Kier molecular flexibility index (Phi) is 6.12. The Morgan fingerprint density at radius 3 is 2.40 bits per heavy atom. The van der Waals surface area contributed by atoms with Crippen molar-refractivity contribution in [2.24, 2.45) is 5.73 Å². The summed E-state index contributed by atoms with van der Waals surface area (Å²) in [6.45, 7) is 2.30. The summed E-state index contributed by atoms with van der Waals surface area (Å²) >= 11 is 4.73. The van der Waals surface area contributed by atoms with Crippen LogP contribution in [0.25, 0.3) is 0 Å². The summed E-state index contributed by atoms with van der Waals surface area (Å²) in [6.07, 6.45) is -4.15. The summed E-state index contributed by atoms with van der Waals surface area (Å²) in [5, 5.41) is 0. The van der Waals surface area contributed by atoms with Gasteiger partial charge in [0.25, 0.3) is 0 Å². The monoisotopic (exact) mass is 242 g/mol. The van der Waals surface area contributed by atoms with Gasteiger partial charge in [-0.2, -0.15) is 13.2 Å². The highest BCUT2D eigenvalue weighted by Crippen LogP contribution is 2.21. The van der Waals surface area contributed by atoms with Crippen LogP contribution in [0, 0.1) is 0 Å². The molecule has 0 saturated heterocycles. The topological polar surface area (TPSA) is 29.3 Å². The van der Waals surface area contributed by atoms with Crippen LogP contribution < -0.4 is 5.73 Å². The lowest BCUT2D eigenvalue weighted by Crippen LogP contribution is -2.33. The molecule has 0 aromatic rings. The molecule has 2 N–H and O–H groups in total. The minimum atomic E-state index is -4.06. The van der Waals surface area contributed by atoms with Crippen LogP contribution in [0.5, 0.6) is 0 Å². The zero-order valence-corrected chi connectivity index (χ0v) is 9.79. The third kappa shape index (κ3) is 8.62.